The van der Waals surface area contributed by atoms with Gasteiger partial charge >= 0.3 is 0 Å². The van der Waals surface area contributed by atoms with Crippen LogP contribution in [0.5, 0.6) is 5.75 Å². The molecule has 2 heterocycles. The molecule has 9 heteroatoms. The van der Waals surface area contributed by atoms with Crippen molar-refractivity contribution >= 4 is 23.2 Å². The largest absolute Gasteiger partial charge is 0.489 e. The summed E-state index contributed by atoms with van der Waals surface area (Å²) in [5, 5.41) is 8.62. The molecule has 0 spiro atoms. The van der Waals surface area contributed by atoms with Gasteiger partial charge in [0.25, 0.3) is 5.91 Å². The highest BCUT2D eigenvalue weighted by atomic mass is 32.1. The van der Waals surface area contributed by atoms with Crippen LogP contribution < -0.4 is 10.1 Å². The van der Waals surface area contributed by atoms with E-state index in [2.05, 4.69) is 15.4 Å². The van der Waals surface area contributed by atoms with Crippen LogP contribution in [0.25, 0.3) is 0 Å². The molecule has 152 valence electrons. The quantitative estimate of drug-likeness (QED) is 0.473. The highest BCUT2D eigenvalue weighted by Crippen LogP contribution is 2.19. The first-order valence-corrected chi connectivity index (χ1v) is 9.84. The van der Waals surface area contributed by atoms with Gasteiger partial charge in [-0.05, 0) is 41.3 Å². The number of carbonyl (C=O) groups excluding carboxylic acids is 1. The van der Waals surface area contributed by atoms with Gasteiger partial charge in [-0.1, -0.05) is 18.2 Å². The molecule has 1 N–H and O–H groups in total. The Kier molecular flexibility index (Phi) is 5.80. The van der Waals surface area contributed by atoms with Crippen LogP contribution in [-0.4, -0.2) is 20.7 Å². The highest BCUT2D eigenvalue weighted by Gasteiger charge is 2.12. The number of thiophene rings is 1. The predicted octanol–water partition coefficient (Wildman–Crippen LogP) is 4.50. The minimum Gasteiger partial charge on any atom is -0.489 e. The van der Waals surface area contributed by atoms with E-state index in [1.54, 1.807) is 35.7 Å². The van der Waals surface area contributed by atoms with Crippen molar-refractivity contribution in [3.63, 3.8) is 0 Å². The van der Waals surface area contributed by atoms with Crippen LogP contribution in [-0.2, 0) is 13.2 Å². The Labute approximate surface area is 174 Å². The van der Waals surface area contributed by atoms with Gasteiger partial charge in [-0.15, -0.1) is 16.4 Å². The van der Waals surface area contributed by atoms with Crippen LogP contribution in [0, 0.1) is 11.6 Å². The number of hydrogen-bond donors (Lipinski definition) is 1. The molecule has 2 aromatic carbocycles. The van der Waals surface area contributed by atoms with E-state index in [0.717, 1.165) is 11.1 Å². The first kappa shape index (κ1) is 19.7. The highest BCUT2D eigenvalue weighted by molar-refractivity contribution is 7.12. The van der Waals surface area contributed by atoms with Crippen LogP contribution in [0.3, 0.4) is 0 Å². The molecule has 4 rings (SSSR count). The molecule has 6 nitrogen and oxygen atoms in total. The molecule has 0 saturated carbocycles. The van der Waals surface area contributed by atoms with Crippen molar-refractivity contribution in [2.75, 3.05) is 5.32 Å². The first-order chi connectivity index (χ1) is 14.5. The summed E-state index contributed by atoms with van der Waals surface area (Å²) in [7, 11) is 0. The molecule has 2 aromatic heterocycles. The Bertz CT molecular complexity index is 1180. The minimum atomic E-state index is -0.373. The Morgan fingerprint density at radius 2 is 1.87 bits per heavy atom. The lowest BCUT2D eigenvalue weighted by Crippen LogP contribution is -2.12. The third-order valence-electron chi connectivity index (χ3n) is 4.07. The zero-order valence-corrected chi connectivity index (χ0v) is 16.4. The fourth-order valence-corrected chi connectivity index (χ4v) is 3.50. The Balaban J connectivity index is 1.34. The van der Waals surface area contributed by atoms with Crippen LogP contribution >= 0.6 is 11.3 Å². The Hall–Kier alpha value is -3.59. The summed E-state index contributed by atoms with van der Waals surface area (Å²) in [6, 6.07) is 13.8. The van der Waals surface area contributed by atoms with Gasteiger partial charge in [0.05, 0.1) is 11.4 Å². The van der Waals surface area contributed by atoms with Gasteiger partial charge in [0.2, 0.25) is 5.95 Å². The van der Waals surface area contributed by atoms with Crippen molar-refractivity contribution in [1.29, 1.82) is 0 Å². The molecule has 0 bridgehead atoms. The van der Waals surface area contributed by atoms with Crippen molar-refractivity contribution in [3.8, 4) is 5.75 Å². The second-order valence-electron chi connectivity index (χ2n) is 6.42. The van der Waals surface area contributed by atoms with E-state index in [-0.39, 0.29) is 30.1 Å². The summed E-state index contributed by atoms with van der Waals surface area (Å²) in [4.78, 5) is 17.0. The maximum Gasteiger partial charge on any atom is 0.268 e. The van der Waals surface area contributed by atoms with E-state index in [1.165, 1.54) is 46.6 Å². The second-order valence-corrected chi connectivity index (χ2v) is 7.33. The summed E-state index contributed by atoms with van der Waals surface area (Å²) in [6.07, 6.45) is 1.47. The van der Waals surface area contributed by atoms with E-state index in [4.69, 9.17) is 4.74 Å². The fourth-order valence-electron chi connectivity index (χ4n) is 2.71. The van der Waals surface area contributed by atoms with Crippen molar-refractivity contribution in [1.82, 2.24) is 14.8 Å². The molecule has 0 unspecified atom stereocenters. The Morgan fingerprint density at radius 3 is 2.67 bits per heavy atom. The van der Waals surface area contributed by atoms with E-state index in [9.17, 15) is 13.6 Å². The van der Waals surface area contributed by atoms with Crippen molar-refractivity contribution in [2.24, 2.45) is 0 Å². The number of nitrogens with one attached hydrogen (secondary N) is 1. The molecule has 30 heavy (non-hydrogen) atoms. The maximum atomic E-state index is 13.3. The molecule has 0 aliphatic rings. The van der Waals surface area contributed by atoms with Crippen molar-refractivity contribution in [2.45, 2.75) is 13.2 Å². The van der Waals surface area contributed by atoms with Gasteiger partial charge in [-0.2, -0.15) is 0 Å². The number of rotatable bonds is 7. The van der Waals surface area contributed by atoms with Gasteiger partial charge < -0.3 is 4.74 Å². The van der Waals surface area contributed by atoms with Crippen molar-refractivity contribution < 1.29 is 18.3 Å². The zero-order valence-electron chi connectivity index (χ0n) is 15.6. The number of aromatic nitrogens is 3. The molecule has 4 aromatic rings. The number of hydrogen-bond acceptors (Lipinski definition) is 5. The van der Waals surface area contributed by atoms with Gasteiger partial charge in [-0.3, -0.25) is 10.1 Å². The standard InChI is InChI=1S/C21H16F2N4O2S/c22-16-4-1-3-14(7-16)10-27-13-24-21(26-27)25-20(28)19-8-15(12-30-19)11-29-18-6-2-5-17(23)9-18/h1-9,12-13H,10-11H2,(H,25,26,28). The van der Waals surface area contributed by atoms with E-state index < -0.39 is 0 Å². The SMILES string of the molecule is O=C(Nc1ncn(Cc2cccc(F)c2)n1)c1cc(COc2cccc(F)c2)cs1. The molecule has 0 radical (unpaired) electrons. The third kappa shape index (κ3) is 5.06. The first-order valence-electron chi connectivity index (χ1n) is 8.96. The Morgan fingerprint density at radius 1 is 1.07 bits per heavy atom. The number of benzene rings is 2. The van der Waals surface area contributed by atoms with Gasteiger partial charge in [-0.25, -0.2) is 18.4 Å². The average Bonchev–Trinajstić information content (AvgIpc) is 3.36. The monoisotopic (exact) mass is 426 g/mol. The van der Waals surface area contributed by atoms with Gasteiger partial charge in [0, 0.05) is 11.6 Å². The summed E-state index contributed by atoms with van der Waals surface area (Å²) < 4.78 is 33.5. The van der Waals surface area contributed by atoms with E-state index >= 15 is 0 Å². The van der Waals surface area contributed by atoms with E-state index in [1.807, 2.05) is 0 Å². The predicted molar refractivity (Wildman–Crippen MR) is 109 cm³/mol. The lowest BCUT2D eigenvalue weighted by Gasteiger charge is -2.04. The number of anilines is 1. The van der Waals surface area contributed by atoms with Gasteiger partial charge in [0.15, 0.2) is 0 Å². The summed E-state index contributed by atoms with van der Waals surface area (Å²) in [6.45, 7) is 0.551. The second kappa shape index (κ2) is 8.83. The fraction of sp³-hybridized carbons (Fsp3) is 0.0952. The molecule has 0 saturated heterocycles. The van der Waals surface area contributed by atoms with E-state index in [0.29, 0.717) is 17.2 Å². The molecular formula is C21H16F2N4O2S. The van der Waals surface area contributed by atoms with Crippen LogP contribution in [0.2, 0.25) is 0 Å². The number of amides is 1. The van der Waals surface area contributed by atoms with Crippen LogP contribution in [0.15, 0.2) is 66.3 Å². The lowest BCUT2D eigenvalue weighted by atomic mass is 10.2. The summed E-state index contributed by atoms with van der Waals surface area (Å²) in [5.41, 5.74) is 1.53. The smallest absolute Gasteiger partial charge is 0.268 e. The van der Waals surface area contributed by atoms with Crippen LogP contribution in [0.1, 0.15) is 20.8 Å². The molecule has 0 fully saturated rings. The number of nitrogens with zero attached hydrogens (tertiary/aromatic N) is 3. The molecular weight excluding hydrogens is 410 g/mol. The van der Waals surface area contributed by atoms with Gasteiger partial charge in [0.1, 0.15) is 30.3 Å². The molecule has 0 aliphatic heterocycles. The molecule has 0 aliphatic carbocycles. The molecule has 0 atom stereocenters. The number of ether oxygens (including phenoxy) is 1. The van der Waals surface area contributed by atoms with Crippen LogP contribution in [0.4, 0.5) is 14.7 Å². The topological polar surface area (TPSA) is 69.0 Å². The maximum absolute atomic E-state index is 13.3. The zero-order chi connectivity index (χ0) is 20.9. The molecule has 1 amide bonds. The number of carbonyl (C=O) groups is 1. The van der Waals surface area contributed by atoms with Crippen molar-refractivity contribution in [3.05, 3.63) is 93.9 Å². The third-order valence-corrected chi connectivity index (χ3v) is 5.05. The average molecular weight is 426 g/mol. The lowest BCUT2D eigenvalue weighted by molar-refractivity contribution is 0.102. The number of halogens is 2. The minimum absolute atomic E-state index is 0.155. The summed E-state index contributed by atoms with van der Waals surface area (Å²) in [5.74, 6) is -0.471. The normalized spacial score (nSPS) is 10.7. The summed E-state index contributed by atoms with van der Waals surface area (Å²) >= 11 is 1.26.